The number of pyridine rings is 1. The average Bonchev–Trinajstić information content (AvgIpc) is 2.47. The van der Waals surface area contributed by atoms with Gasteiger partial charge in [0.25, 0.3) is 0 Å². The van der Waals surface area contributed by atoms with Crippen LogP contribution in [0.3, 0.4) is 0 Å². The van der Waals surface area contributed by atoms with Gasteiger partial charge in [-0.15, -0.1) is 0 Å². The first-order valence-corrected chi connectivity index (χ1v) is 7.37. The number of amides is 1. The van der Waals surface area contributed by atoms with Crippen molar-refractivity contribution in [2.75, 3.05) is 5.32 Å². The Kier molecular flexibility index (Phi) is 5.09. The molecular weight excluding hydrogens is 260 g/mol. The van der Waals surface area contributed by atoms with Crippen LogP contribution in [0.25, 0.3) is 0 Å². The van der Waals surface area contributed by atoms with E-state index >= 15 is 0 Å². The highest BCUT2D eigenvalue weighted by Crippen LogP contribution is 2.19. The molecule has 0 aliphatic rings. The Morgan fingerprint density at radius 1 is 1.10 bits per heavy atom. The summed E-state index contributed by atoms with van der Waals surface area (Å²) >= 11 is 0. The lowest BCUT2D eigenvalue weighted by atomic mass is 9.96. The summed E-state index contributed by atoms with van der Waals surface area (Å²) in [6.45, 7) is 6.32. The molecule has 1 amide bonds. The van der Waals surface area contributed by atoms with Crippen molar-refractivity contribution < 1.29 is 4.79 Å². The third-order valence-electron chi connectivity index (χ3n) is 3.43. The zero-order valence-electron chi connectivity index (χ0n) is 12.8. The standard InChI is InChI=1S/C18H22N2O/c1-13(2)12-15-7-9-16(10-8-15)14(3)18(21)20-17-6-4-5-11-19-17/h4-11,13-14H,12H2,1-3H3,(H,19,20,21)/t14-/m0/s1. The fourth-order valence-electron chi connectivity index (χ4n) is 2.24. The Balaban J connectivity index is 2.02. The van der Waals surface area contributed by atoms with E-state index in [2.05, 4.69) is 36.3 Å². The van der Waals surface area contributed by atoms with Crippen molar-refractivity contribution in [2.45, 2.75) is 33.1 Å². The molecule has 0 aliphatic carbocycles. The number of nitrogens with one attached hydrogen (secondary N) is 1. The second-order valence-electron chi connectivity index (χ2n) is 5.77. The monoisotopic (exact) mass is 282 g/mol. The van der Waals surface area contributed by atoms with Gasteiger partial charge in [0.05, 0.1) is 5.92 Å². The first kappa shape index (κ1) is 15.2. The van der Waals surface area contributed by atoms with Gasteiger partial charge in [0.1, 0.15) is 5.82 Å². The molecule has 0 spiro atoms. The lowest BCUT2D eigenvalue weighted by Gasteiger charge is -2.13. The highest BCUT2D eigenvalue weighted by Gasteiger charge is 2.15. The normalized spacial score (nSPS) is 12.2. The minimum atomic E-state index is -0.194. The molecule has 3 nitrogen and oxygen atoms in total. The summed E-state index contributed by atoms with van der Waals surface area (Å²) in [4.78, 5) is 16.3. The third-order valence-corrected chi connectivity index (χ3v) is 3.43. The molecule has 0 aliphatic heterocycles. The maximum absolute atomic E-state index is 12.2. The van der Waals surface area contributed by atoms with Gasteiger partial charge in [0, 0.05) is 6.20 Å². The van der Waals surface area contributed by atoms with Crippen LogP contribution in [-0.2, 0) is 11.2 Å². The van der Waals surface area contributed by atoms with Crippen molar-refractivity contribution >= 4 is 11.7 Å². The van der Waals surface area contributed by atoms with E-state index in [0.29, 0.717) is 11.7 Å². The Morgan fingerprint density at radius 3 is 2.38 bits per heavy atom. The van der Waals surface area contributed by atoms with E-state index in [1.165, 1.54) is 5.56 Å². The molecule has 0 unspecified atom stereocenters. The van der Waals surface area contributed by atoms with E-state index in [9.17, 15) is 4.79 Å². The van der Waals surface area contributed by atoms with Crippen LogP contribution < -0.4 is 5.32 Å². The van der Waals surface area contributed by atoms with E-state index in [-0.39, 0.29) is 11.8 Å². The molecule has 3 heteroatoms. The topological polar surface area (TPSA) is 42.0 Å². The molecule has 2 aromatic rings. The van der Waals surface area contributed by atoms with Crippen LogP contribution in [-0.4, -0.2) is 10.9 Å². The summed E-state index contributed by atoms with van der Waals surface area (Å²) < 4.78 is 0. The van der Waals surface area contributed by atoms with Crippen molar-refractivity contribution in [3.63, 3.8) is 0 Å². The van der Waals surface area contributed by atoms with Gasteiger partial charge in [-0.05, 0) is 42.5 Å². The predicted octanol–water partition coefficient (Wildman–Crippen LogP) is 4.02. The van der Waals surface area contributed by atoms with Crippen molar-refractivity contribution in [3.8, 4) is 0 Å². The summed E-state index contributed by atoms with van der Waals surface area (Å²) in [5.41, 5.74) is 2.34. The highest BCUT2D eigenvalue weighted by atomic mass is 16.1. The van der Waals surface area contributed by atoms with Crippen molar-refractivity contribution in [2.24, 2.45) is 5.92 Å². The number of carbonyl (C=O) groups excluding carboxylic acids is 1. The molecule has 0 bridgehead atoms. The number of hydrogen-bond acceptors (Lipinski definition) is 2. The number of hydrogen-bond donors (Lipinski definition) is 1. The molecule has 0 radical (unpaired) electrons. The number of rotatable bonds is 5. The number of anilines is 1. The molecule has 1 heterocycles. The molecule has 0 saturated heterocycles. The predicted molar refractivity (Wildman–Crippen MR) is 86.3 cm³/mol. The second-order valence-corrected chi connectivity index (χ2v) is 5.77. The van der Waals surface area contributed by atoms with Gasteiger partial charge in [-0.1, -0.05) is 44.2 Å². The summed E-state index contributed by atoms with van der Waals surface area (Å²) in [5, 5.41) is 2.84. The highest BCUT2D eigenvalue weighted by molar-refractivity contribution is 5.94. The van der Waals surface area contributed by atoms with Gasteiger partial charge in [0.15, 0.2) is 0 Å². The zero-order valence-corrected chi connectivity index (χ0v) is 12.8. The van der Waals surface area contributed by atoms with Crippen molar-refractivity contribution in [1.82, 2.24) is 4.98 Å². The summed E-state index contributed by atoms with van der Waals surface area (Å²) in [7, 11) is 0. The molecular formula is C18H22N2O. The second kappa shape index (κ2) is 7.02. The van der Waals surface area contributed by atoms with E-state index in [1.54, 1.807) is 12.3 Å². The van der Waals surface area contributed by atoms with Crippen molar-refractivity contribution in [3.05, 3.63) is 59.8 Å². The van der Waals surface area contributed by atoms with E-state index in [0.717, 1.165) is 12.0 Å². The fourth-order valence-corrected chi connectivity index (χ4v) is 2.24. The summed E-state index contributed by atoms with van der Waals surface area (Å²) in [6, 6.07) is 13.8. The Labute approximate surface area is 126 Å². The molecule has 1 aromatic carbocycles. The first-order chi connectivity index (χ1) is 10.1. The lowest BCUT2D eigenvalue weighted by Crippen LogP contribution is -2.19. The van der Waals surface area contributed by atoms with Crippen LogP contribution in [0, 0.1) is 5.92 Å². The molecule has 1 aromatic heterocycles. The lowest BCUT2D eigenvalue weighted by molar-refractivity contribution is -0.117. The van der Waals surface area contributed by atoms with Gasteiger partial charge in [-0.3, -0.25) is 4.79 Å². The number of nitrogens with zero attached hydrogens (tertiary/aromatic N) is 1. The van der Waals surface area contributed by atoms with Crippen LogP contribution in [0.1, 0.15) is 37.8 Å². The quantitative estimate of drug-likeness (QED) is 0.900. The number of aromatic nitrogens is 1. The maximum atomic E-state index is 12.2. The molecule has 0 fully saturated rings. The largest absolute Gasteiger partial charge is 0.310 e. The van der Waals surface area contributed by atoms with Gasteiger partial charge >= 0.3 is 0 Å². The molecule has 0 saturated carbocycles. The summed E-state index contributed by atoms with van der Waals surface area (Å²) in [6.07, 6.45) is 2.73. The van der Waals surface area contributed by atoms with Crippen LogP contribution in [0.2, 0.25) is 0 Å². The first-order valence-electron chi connectivity index (χ1n) is 7.37. The van der Waals surface area contributed by atoms with Crippen LogP contribution >= 0.6 is 0 Å². The zero-order chi connectivity index (χ0) is 15.2. The van der Waals surface area contributed by atoms with E-state index in [4.69, 9.17) is 0 Å². The molecule has 2 rings (SSSR count). The van der Waals surface area contributed by atoms with Crippen LogP contribution in [0.4, 0.5) is 5.82 Å². The number of carbonyl (C=O) groups is 1. The van der Waals surface area contributed by atoms with Gasteiger partial charge < -0.3 is 5.32 Å². The van der Waals surface area contributed by atoms with Crippen molar-refractivity contribution in [1.29, 1.82) is 0 Å². The molecule has 21 heavy (non-hydrogen) atoms. The van der Waals surface area contributed by atoms with Gasteiger partial charge in [0.2, 0.25) is 5.91 Å². The minimum absolute atomic E-state index is 0.0368. The Hall–Kier alpha value is -2.16. The third kappa shape index (κ3) is 4.42. The number of benzene rings is 1. The van der Waals surface area contributed by atoms with E-state index in [1.807, 2.05) is 31.2 Å². The van der Waals surface area contributed by atoms with E-state index < -0.39 is 0 Å². The molecule has 1 atom stereocenters. The summed E-state index contributed by atoms with van der Waals surface area (Å²) in [5.74, 6) is 0.997. The Bertz CT molecular complexity index is 576. The van der Waals surface area contributed by atoms with Crippen LogP contribution in [0.5, 0.6) is 0 Å². The Morgan fingerprint density at radius 2 is 1.81 bits per heavy atom. The fraction of sp³-hybridized carbons (Fsp3) is 0.333. The van der Waals surface area contributed by atoms with Crippen LogP contribution in [0.15, 0.2) is 48.7 Å². The SMILES string of the molecule is CC(C)Cc1ccc([C@H](C)C(=O)Nc2ccccn2)cc1. The van der Waals surface area contributed by atoms with Gasteiger partial charge in [-0.2, -0.15) is 0 Å². The average molecular weight is 282 g/mol. The minimum Gasteiger partial charge on any atom is -0.310 e. The smallest absolute Gasteiger partial charge is 0.232 e. The maximum Gasteiger partial charge on any atom is 0.232 e. The molecule has 110 valence electrons. The van der Waals surface area contributed by atoms with Gasteiger partial charge in [-0.25, -0.2) is 4.98 Å². The molecule has 1 N–H and O–H groups in total.